The van der Waals surface area contributed by atoms with E-state index in [1.807, 2.05) is 7.05 Å². The first-order valence-corrected chi connectivity index (χ1v) is 7.52. The first kappa shape index (κ1) is 13.4. The van der Waals surface area contributed by atoms with Crippen LogP contribution in [0.25, 0.3) is 0 Å². The lowest BCUT2D eigenvalue weighted by Crippen LogP contribution is -2.35. The molecule has 2 rings (SSSR count). The molecule has 0 atom stereocenters. The highest BCUT2D eigenvalue weighted by Gasteiger charge is 2.21. The molecule has 0 bridgehead atoms. The van der Waals surface area contributed by atoms with Crippen molar-refractivity contribution >= 4 is 17.7 Å². The number of hydrogen-bond acceptors (Lipinski definition) is 3. The van der Waals surface area contributed by atoms with Crippen LogP contribution < -0.4 is 5.32 Å². The molecule has 1 aromatic carbocycles. The van der Waals surface area contributed by atoms with Gasteiger partial charge in [0.15, 0.2) is 0 Å². The Kier molecular flexibility index (Phi) is 4.66. The van der Waals surface area contributed by atoms with Gasteiger partial charge in [0.1, 0.15) is 0 Å². The molecular formula is C14H20N2OS. The van der Waals surface area contributed by atoms with Crippen molar-refractivity contribution in [2.24, 2.45) is 0 Å². The van der Waals surface area contributed by atoms with E-state index in [-0.39, 0.29) is 5.91 Å². The monoisotopic (exact) mass is 264 g/mol. The van der Waals surface area contributed by atoms with Gasteiger partial charge in [0.05, 0.1) is 6.54 Å². The molecule has 1 saturated carbocycles. The zero-order valence-corrected chi connectivity index (χ0v) is 11.8. The summed E-state index contributed by atoms with van der Waals surface area (Å²) in [6, 6.07) is 8.96. The van der Waals surface area contributed by atoms with Crippen LogP contribution in [-0.2, 0) is 11.3 Å². The standard InChI is InChI=1S/C14H20N2OS/c1-16(14(17)9-15-12-5-6-12)10-11-3-7-13(18-2)8-4-11/h3-4,7-8,12,15H,5-6,9-10H2,1-2H3. The molecule has 18 heavy (non-hydrogen) atoms. The maximum atomic E-state index is 11.9. The minimum absolute atomic E-state index is 0.163. The Balaban J connectivity index is 1.80. The first-order chi connectivity index (χ1) is 8.69. The van der Waals surface area contributed by atoms with E-state index < -0.39 is 0 Å². The Morgan fingerprint density at radius 3 is 2.61 bits per heavy atom. The van der Waals surface area contributed by atoms with Crippen LogP contribution >= 0.6 is 11.8 Å². The van der Waals surface area contributed by atoms with Crippen molar-refractivity contribution in [1.82, 2.24) is 10.2 Å². The number of nitrogens with zero attached hydrogens (tertiary/aromatic N) is 1. The van der Waals surface area contributed by atoms with Crippen LogP contribution in [0, 0.1) is 0 Å². The summed E-state index contributed by atoms with van der Waals surface area (Å²) in [5.74, 6) is 0.163. The van der Waals surface area contributed by atoms with E-state index in [2.05, 4.69) is 35.8 Å². The normalized spacial score (nSPS) is 14.6. The molecule has 1 amide bonds. The summed E-state index contributed by atoms with van der Waals surface area (Å²) in [5.41, 5.74) is 1.18. The molecule has 0 heterocycles. The summed E-state index contributed by atoms with van der Waals surface area (Å²) >= 11 is 1.73. The number of rotatable bonds is 6. The van der Waals surface area contributed by atoms with Gasteiger partial charge in [0, 0.05) is 24.5 Å². The third kappa shape index (κ3) is 4.03. The third-order valence-electron chi connectivity index (χ3n) is 3.12. The molecule has 0 radical (unpaired) electrons. The number of nitrogens with one attached hydrogen (secondary N) is 1. The molecule has 1 N–H and O–H groups in total. The SMILES string of the molecule is CSc1ccc(CN(C)C(=O)CNC2CC2)cc1. The Morgan fingerprint density at radius 1 is 1.39 bits per heavy atom. The highest BCUT2D eigenvalue weighted by molar-refractivity contribution is 7.98. The minimum atomic E-state index is 0.163. The third-order valence-corrected chi connectivity index (χ3v) is 3.87. The van der Waals surface area contributed by atoms with Crippen molar-refractivity contribution in [3.8, 4) is 0 Å². The number of hydrogen-bond donors (Lipinski definition) is 1. The van der Waals surface area contributed by atoms with Gasteiger partial charge < -0.3 is 10.2 Å². The Bertz CT molecular complexity index is 401. The summed E-state index contributed by atoms with van der Waals surface area (Å²) in [7, 11) is 1.86. The molecule has 3 nitrogen and oxygen atoms in total. The molecule has 1 aromatic rings. The summed E-state index contributed by atoms with van der Waals surface area (Å²) in [6.07, 6.45) is 4.49. The second-order valence-corrected chi connectivity index (χ2v) is 5.63. The summed E-state index contributed by atoms with van der Waals surface area (Å²) in [4.78, 5) is 14.9. The number of thioether (sulfide) groups is 1. The predicted molar refractivity (Wildman–Crippen MR) is 75.7 cm³/mol. The van der Waals surface area contributed by atoms with Gasteiger partial charge in [-0.15, -0.1) is 11.8 Å². The van der Waals surface area contributed by atoms with Crippen LogP contribution in [0.2, 0.25) is 0 Å². The average Bonchev–Trinajstić information content (AvgIpc) is 3.21. The number of amides is 1. The highest BCUT2D eigenvalue weighted by Crippen LogP contribution is 2.18. The van der Waals surface area contributed by atoms with Crippen LogP contribution in [0.1, 0.15) is 18.4 Å². The van der Waals surface area contributed by atoms with Crippen LogP contribution in [0.4, 0.5) is 0 Å². The molecule has 0 spiro atoms. The van der Waals surface area contributed by atoms with E-state index >= 15 is 0 Å². The Hall–Kier alpha value is -1.00. The van der Waals surface area contributed by atoms with E-state index in [1.54, 1.807) is 16.7 Å². The van der Waals surface area contributed by atoms with Gasteiger partial charge in [-0.3, -0.25) is 4.79 Å². The fourth-order valence-electron chi connectivity index (χ4n) is 1.75. The Labute approximate surface area is 113 Å². The van der Waals surface area contributed by atoms with E-state index in [0.29, 0.717) is 19.1 Å². The molecule has 0 aliphatic heterocycles. The molecule has 4 heteroatoms. The molecule has 1 aliphatic carbocycles. The van der Waals surface area contributed by atoms with Crippen LogP contribution in [0.3, 0.4) is 0 Å². The molecule has 0 saturated heterocycles. The van der Waals surface area contributed by atoms with Crippen LogP contribution in [-0.4, -0.2) is 36.7 Å². The largest absolute Gasteiger partial charge is 0.340 e. The molecule has 1 fully saturated rings. The first-order valence-electron chi connectivity index (χ1n) is 6.29. The van der Waals surface area contributed by atoms with Gasteiger partial charge >= 0.3 is 0 Å². The molecule has 0 aromatic heterocycles. The van der Waals surface area contributed by atoms with Crippen LogP contribution in [0.5, 0.6) is 0 Å². The summed E-state index contributed by atoms with van der Waals surface area (Å²) in [5, 5.41) is 3.25. The summed E-state index contributed by atoms with van der Waals surface area (Å²) in [6.45, 7) is 1.14. The highest BCUT2D eigenvalue weighted by atomic mass is 32.2. The second kappa shape index (κ2) is 6.25. The number of benzene rings is 1. The van der Waals surface area contributed by atoms with Gasteiger partial charge in [0.25, 0.3) is 0 Å². The van der Waals surface area contributed by atoms with Gasteiger partial charge in [0.2, 0.25) is 5.91 Å². The predicted octanol–water partition coefficient (Wildman–Crippen LogP) is 2.12. The smallest absolute Gasteiger partial charge is 0.236 e. The van der Waals surface area contributed by atoms with Crippen LogP contribution in [0.15, 0.2) is 29.2 Å². The van der Waals surface area contributed by atoms with Gasteiger partial charge in [-0.25, -0.2) is 0 Å². The van der Waals surface area contributed by atoms with Crippen molar-refractivity contribution in [2.45, 2.75) is 30.3 Å². The quantitative estimate of drug-likeness (QED) is 0.799. The molecular weight excluding hydrogens is 244 g/mol. The fourth-order valence-corrected chi connectivity index (χ4v) is 2.16. The second-order valence-electron chi connectivity index (χ2n) is 4.75. The van der Waals surface area contributed by atoms with E-state index in [0.717, 1.165) is 0 Å². The van der Waals surface area contributed by atoms with Crippen molar-refractivity contribution in [3.63, 3.8) is 0 Å². The average molecular weight is 264 g/mol. The number of carbonyl (C=O) groups is 1. The lowest BCUT2D eigenvalue weighted by Gasteiger charge is -2.17. The molecule has 1 aliphatic rings. The lowest BCUT2D eigenvalue weighted by atomic mass is 10.2. The zero-order chi connectivity index (χ0) is 13.0. The van der Waals surface area contributed by atoms with Crippen molar-refractivity contribution in [1.29, 1.82) is 0 Å². The van der Waals surface area contributed by atoms with E-state index in [1.165, 1.54) is 23.3 Å². The van der Waals surface area contributed by atoms with Gasteiger partial charge in [-0.1, -0.05) is 12.1 Å². The maximum Gasteiger partial charge on any atom is 0.236 e. The maximum absolute atomic E-state index is 11.9. The number of carbonyl (C=O) groups excluding carboxylic acids is 1. The number of likely N-dealkylation sites (N-methyl/N-ethyl adjacent to an activating group) is 1. The van der Waals surface area contributed by atoms with Crippen molar-refractivity contribution in [2.75, 3.05) is 19.8 Å². The van der Waals surface area contributed by atoms with Gasteiger partial charge in [-0.2, -0.15) is 0 Å². The lowest BCUT2D eigenvalue weighted by molar-refractivity contribution is -0.129. The van der Waals surface area contributed by atoms with Gasteiger partial charge in [-0.05, 0) is 36.8 Å². The van der Waals surface area contributed by atoms with E-state index in [9.17, 15) is 4.79 Å². The van der Waals surface area contributed by atoms with Crippen molar-refractivity contribution in [3.05, 3.63) is 29.8 Å². The zero-order valence-electron chi connectivity index (χ0n) is 11.0. The molecule has 98 valence electrons. The topological polar surface area (TPSA) is 32.3 Å². The van der Waals surface area contributed by atoms with E-state index in [4.69, 9.17) is 0 Å². The minimum Gasteiger partial charge on any atom is -0.340 e. The molecule has 0 unspecified atom stereocenters. The fraction of sp³-hybridized carbons (Fsp3) is 0.500. The summed E-state index contributed by atoms with van der Waals surface area (Å²) < 4.78 is 0. The Morgan fingerprint density at radius 2 is 2.06 bits per heavy atom. The van der Waals surface area contributed by atoms with Crippen molar-refractivity contribution < 1.29 is 4.79 Å².